The molecule has 0 saturated carbocycles. The van der Waals surface area contributed by atoms with Crippen LogP contribution in [0.1, 0.15) is 0 Å². The maximum Gasteiger partial charge on any atom is 0.228 e. The highest BCUT2D eigenvalue weighted by Crippen LogP contribution is 2.23. The molecule has 1 aromatic carbocycles. The number of para-hydroxylation sites is 1. The molecule has 0 bridgehead atoms. The normalized spacial score (nSPS) is 10.2. The van der Waals surface area contributed by atoms with Crippen molar-refractivity contribution in [2.24, 2.45) is 5.84 Å². The molecule has 0 radical (unpaired) electrons. The quantitative estimate of drug-likeness (QED) is 0.309. The number of amides is 1. The molecule has 0 aliphatic heterocycles. The Labute approximate surface area is 74.9 Å². The molecule has 2 rings (SSSR count). The van der Waals surface area contributed by atoms with Gasteiger partial charge < -0.3 is 4.98 Å². The second-order valence-corrected chi connectivity index (χ2v) is 2.73. The molecule has 0 unspecified atom stereocenters. The Kier molecular flexibility index (Phi) is 1.75. The lowest BCUT2D eigenvalue weighted by Gasteiger charge is -2.06. The summed E-state index contributed by atoms with van der Waals surface area (Å²) in [6.45, 7) is 0. The molecule has 0 aliphatic carbocycles. The second kappa shape index (κ2) is 2.91. The van der Waals surface area contributed by atoms with Gasteiger partial charge in [-0.05, 0) is 6.07 Å². The molecule has 2 aromatic rings. The zero-order chi connectivity index (χ0) is 9.26. The molecule has 4 heteroatoms. The maximum atomic E-state index is 10.4. The first-order chi connectivity index (χ1) is 6.33. The number of H-pyrrole nitrogens is 1. The van der Waals surface area contributed by atoms with Crippen LogP contribution in [0.5, 0.6) is 0 Å². The maximum absolute atomic E-state index is 10.4. The molecule has 0 spiro atoms. The van der Waals surface area contributed by atoms with Crippen molar-refractivity contribution in [3.05, 3.63) is 30.5 Å². The number of nitrogens with zero attached hydrogens (tertiary/aromatic N) is 1. The number of nitrogens with one attached hydrogen (secondary N) is 1. The lowest BCUT2D eigenvalue weighted by Crippen LogP contribution is -2.28. The largest absolute Gasteiger partial charge is 0.359 e. The van der Waals surface area contributed by atoms with E-state index in [-0.39, 0.29) is 0 Å². The highest BCUT2D eigenvalue weighted by Gasteiger charge is 2.05. The van der Waals surface area contributed by atoms with Crippen LogP contribution in [0.4, 0.5) is 5.69 Å². The van der Waals surface area contributed by atoms with Gasteiger partial charge in [0.05, 0.1) is 5.69 Å². The van der Waals surface area contributed by atoms with E-state index in [1.54, 1.807) is 6.20 Å². The van der Waals surface area contributed by atoms with Gasteiger partial charge in [-0.2, -0.15) is 0 Å². The summed E-state index contributed by atoms with van der Waals surface area (Å²) >= 11 is 0. The number of hydrazine groups is 1. The van der Waals surface area contributed by atoms with Crippen molar-refractivity contribution in [1.29, 1.82) is 0 Å². The molecule has 66 valence electrons. The first-order valence-corrected chi connectivity index (χ1v) is 3.88. The number of benzene rings is 1. The molecular formula is C9H9N3O. The van der Waals surface area contributed by atoms with Crippen LogP contribution in [-0.2, 0) is 4.79 Å². The predicted molar refractivity (Wildman–Crippen MR) is 51.0 cm³/mol. The fourth-order valence-corrected chi connectivity index (χ4v) is 1.33. The van der Waals surface area contributed by atoms with E-state index in [4.69, 9.17) is 5.84 Å². The molecule has 0 fully saturated rings. The van der Waals surface area contributed by atoms with Gasteiger partial charge in [0.15, 0.2) is 0 Å². The number of anilines is 1. The van der Waals surface area contributed by atoms with Gasteiger partial charge in [-0.3, -0.25) is 4.79 Å². The van der Waals surface area contributed by atoms with Gasteiger partial charge in [-0.15, -0.1) is 0 Å². The molecule has 3 N–H and O–H groups in total. The summed E-state index contributed by atoms with van der Waals surface area (Å²) in [6.07, 6.45) is 2.29. The van der Waals surface area contributed by atoms with Gasteiger partial charge in [-0.25, -0.2) is 10.9 Å². The zero-order valence-corrected chi connectivity index (χ0v) is 6.90. The van der Waals surface area contributed by atoms with E-state index in [1.165, 1.54) is 0 Å². The Morgan fingerprint density at radius 1 is 1.38 bits per heavy atom. The Balaban J connectivity index is 2.64. The Morgan fingerprint density at radius 2 is 2.15 bits per heavy atom. The standard InChI is InChI=1S/C9H9N3O/c10-12(6-13)9-5-11-8-4-2-1-3-7(8)9/h1-6,11H,10H2. The first-order valence-electron chi connectivity index (χ1n) is 3.88. The smallest absolute Gasteiger partial charge is 0.228 e. The van der Waals surface area contributed by atoms with Crippen molar-refractivity contribution in [3.8, 4) is 0 Å². The summed E-state index contributed by atoms with van der Waals surface area (Å²) < 4.78 is 0. The molecule has 1 aromatic heterocycles. The van der Waals surface area contributed by atoms with Crippen molar-refractivity contribution >= 4 is 23.0 Å². The molecule has 0 atom stereocenters. The third kappa shape index (κ3) is 1.17. The number of fused-ring (bicyclic) bond motifs is 1. The Hall–Kier alpha value is -1.81. The number of aromatic nitrogens is 1. The first kappa shape index (κ1) is 7.82. The van der Waals surface area contributed by atoms with Crippen molar-refractivity contribution in [2.45, 2.75) is 0 Å². The number of hydrogen-bond donors (Lipinski definition) is 2. The molecule has 0 saturated heterocycles. The Bertz CT molecular complexity index is 435. The summed E-state index contributed by atoms with van der Waals surface area (Å²) in [5.74, 6) is 5.45. The van der Waals surface area contributed by atoms with Crippen molar-refractivity contribution in [2.75, 3.05) is 5.01 Å². The van der Waals surface area contributed by atoms with Crippen LogP contribution in [0, 0.1) is 0 Å². The van der Waals surface area contributed by atoms with Crippen molar-refractivity contribution < 1.29 is 4.79 Å². The van der Waals surface area contributed by atoms with Crippen LogP contribution in [-0.4, -0.2) is 11.4 Å². The van der Waals surface area contributed by atoms with Gasteiger partial charge in [0.25, 0.3) is 0 Å². The molecule has 1 heterocycles. The van der Waals surface area contributed by atoms with E-state index in [2.05, 4.69) is 4.98 Å². The van der Waals surface area contributed by atoms with E-state index >= 15 is 0 Å². The van der Waals surface area contributed by atoms with Crippen LogP contribution in [0.3, 0.4) is 0 Å². The average molecular weight is 175 g/mol. The molecular weight excluding hydrogens is 166 g/mol. The van der Waals surface area contributed by atoms with Gasteiger partial charge in [-0.1, -0.05) is 18.2 Å². The predicted octanol–water partition coefficient (Wildman–Crippen LogP) is 1.00. The van der Waals surface area contributed by atoms with Gasteiger partial charge in [0.1, 0.15) is 0 Å². The highest BCUT2D eigenvalue weighted by molar-refractivity contribution is 5.96. The summed E-state index contributed by atoms with van der Waals surface area (Å²) in [4.78, 5) is 13.5. The number of carbonyl (C=O) groups excluding carboxylic acids is 1. The zero-order valence-electron chi connectivity index (χ0n) is 6.90. The number of hydrogen-bond acceptors (Lipinski definition) is 2. The molecule has 13 heavy (non-hydrogen) atoms. The minimum atomic E-state index is 0.579. The lowest BCUT2D eigenvalue weighted by atomic mass is 10.2. The van der Waals surface area contributed by atoms with E-state index in [9.17, 15) is 4.79 Å². The molecule has 1 amide bonds. The summed E-state index contributed by atoms with van der Waals surface area (Å²) in [7, 11) is 0. The van der Waals surface area contributed by atoms with Crippen LogP contribution < -0.4 is 10.9 Å². The van der Waals surface area contributed by atoms with Crippen LogP contribution >= 0.6 is 0 Å². The average Bonchev–Trinajstić information content (AvgIpc) is 2.60. The fraction of sp³-hybridized carbons (Fsp3) is 0. The third-order valence-corrected chi connectivity index (χ3v) is 1.96. The van der Waals surface area contributed by atoms with Gasteiger partial charge in [0.2, 0.25) is 6.41 Å². The number of rotatable bonds is 2. The number of aromatic amines is 1. The minimum absolute atomic E-state index is 0.579. The van der Waals surface area contributed by atoms with Gasteiger partial charge in [0, 0.05) is 17.1 Å². The minimum Gasteiger partial charge on any atom is -0.359 e. The number of nitrogens with two attached hydrogens (primary N) is 1. The van der Waals surface area contributed by atoms with E-state index in [1.807, 2.05) is 24.3 Å². The van der Waals surface area contributed by atoms with Crippen LogP contribution in [0.25, 0.3) is 10.9 Å². The Morgan fingerprint density at radius 3 is 2.92 bits per heavy atom. The molecule has 0 aliphatic rings. The topological polar surface area (TPSA) is 62.1 Å². The third-order valence-electron chi connectivity index (χ3n) is 1.96. The fourth-order valence-electron chi connectivity index (χ4n) is 1.33. The van der Waals surface area contributed by atoms with Gasteiger partial charge >= 0.3 is 0 Å². The van der Waals surface area contributed by atoms with Crippen LogP contribution in [0.15, 0.2) is 30.5 Å². The SMILES string of the molecule is NN(C=O)c1c[nH]c2ccccc12. The highest BCUT2D eigenvalue weighted by atomic mass is 16.1. The van der Waals surface area contributed by atoms with E-state index in [0.29, 0.717) is 12.1 Å². The second-order valence-electron chi connectivity index (χ2n) is 2.73. The summed E-state index contributed by atoms with van der Waals surface area (Å²) in [6, 6.07) is 7.66. The van der Waals surface area contributed by atoms with E-state index in [0.717, 1.165) is 15.9 Å². The summed E-state index contributed by atoms with van der Waals surface area (Å²) in [5, 5.41) is 2.00. The monoisotopic (exact) mass is 175 g/mol. The number of carbonyl (C=O) groups is 1. The lowest BCUT2D eigenvalue weighted by molar-refractivity contribution is -0.107. The molecule has 4 nitrogen and oxygen atoms in total. The van der Waals surface area contributed by atoms with Crippen molar-refractivity contribution in [3.63, 3.8) is 0 Å². The van der Waals surface area contributed by atoms with Crippen molar-refractivity contribution in [1.82, 2.24) is 4.98 Å². The van der Waals surface area contributed by atoms with E-state index < -0.39 is 0 Å². The summed E-state index contributed by atoms with van der Waals surface area (Å²) in [5.41, 5.74) is 1.65. The van der Waals surface area contributed by atoms with Crippen LogP contribution in [0.2, 0.25) is 0 Å².